The minimum absolute atomic E-state index is 0.494. The number of guanidine groups is 1. The van der Waals surface area contributed by atoms with Gasteiger partial charge in [-0.1, -0.05) is 18.2 Å². The highest BCUT2D eigenvalue weighted by atomic mass is 16.5. The Kier molecular flexibility index (Phi) is 8.14. The van der Waals surface area contributed by atoms with E-state index in [4.69, 9.17) is 18.9 Å². The lowest BCUT2D eigenvalue weighted by Crippen LogP contribution is -2.30. The fourth-order valence-corrected chi connectivity index (χ4v) is 2.91. The molecular formula is C24H28N4O4. The van der Waals surface area contributed by atoms with E-state index in [9.17, 15) is 0 Å². The third kappa shape index (κ3) is 6.04. The number of hydrogen-bond donors (Lipinski definition) is 2. The summed E-state index contributed by atoms with van der Waals surface area (Å²) in [5, 5.41) is 6.49. The van der Waals surface area contributed by atoms with Gasteiger partial charge in [0.2, 0.25) is 5.88 Å². The molecule has 8 heteroatoms. The Balaban J connectivity index is 1.58. The monoisotopic (exact) mass is 436 g/mol. The molecule has 0 spiro atoms. The minimum atomic E-state index is 0.494. The molecule has 2 aromatic carbocycles. The third-order valence-electron chi connectivity index (χ3n) is 4.49. The first-order valence-corrected chi connectivity index (χ1v) is 10.2. The Morgan fingerprint density at radius 1 is 0.938 bits per heavy atom. The van der Waals surface area contributed by atoms with Crippen LogP contribution in [0.1, 0.15) is 12.5 Å². The lowest BCUT2D eigenvalue weighted by atomic mass is 10.2. The number of nitrogens with one attached hydrogen (secondary N) is 2. The van der Waals surface area contributed by atoms with E-state index in [1.807, 2.05) is 61.5 Å². The second-order valence-corrected chi connectivity index (χ2v) is 6.61. The maximum Gasteiger partial charge on any atom is 0.219 e. The number of aromatic nitrogens is 1. The van der Waals surface area contributed by atoms with Crippen molar-refractivity contribution in [3.05, 3.63) is 66.4 Å². The van der Waals surface area contributed by atoms with E-state index in [-0.39, 0.29) is 0 Å². The predicted molar refractivity (Wildman–Crippen MR) is 125 cm³/mol. The molecule has 3 rings (SSSR count). The summed E-state index contributed by atoms with van der Waals surface area (Å²) >= 11 is 0. The number of methoxy groups -OCH3 is 2. The molecule has 3 aromatic rings. The quantitative estimate of drug-likeness (QED) is 0.378. The molecule has 0 atom stereocenters. The van der Waals surface area contributed by atoms with Gasteiger partial charge in [0.05, 0.1) is 20.8 Å². The van der Waals surface area contributed by atoms with Gasteiger partial charge in [0.15, 0.2) is 29.0 Å². The third-order valence-corrected chi connectivity index (χ3v) is 4.49. The van der Waals surface area contributed by atoms with Gasteiger partial charge in [-0.15, -0.1) is 0 Å². The number of ether oxygens (including phenoxy) is 4. The van der Waals surface area contributed by atoms with Crippen LogP contribution >= 0.6 is 0 Å². The molecule has 0 bridgehead atoms. The average Bonchev–Trinajstić information content (AvgIpc) is 2.83. The normalized spacial score (nSPS) is 10.9. The van der Waals surface area contributed by atoms with Crippen LogP contribution in [0.2, 0.25) is 0 Å². The van der Waals surface area contributed by atoms with Crippen LogP contribution in [-0.4, -0.2) is 38.8 Å². The van der Waals surface area contributed by atoms with E-state index in [1.165, 1.54) is 0 Å². The Hall–Kier alpha value is -3.94. The highest BCUT2D eigenvalue weighted by Gasteiger charge is 2.08. The smallest absolute Gasteiger partial charge is 0.219 e. The van der Waals surface area contributed by atoms with Gasteiger partial charge in [0.1, 0.15) is 0 Å². The SMILES string of the molecule is CCOc1ccccc1Oc1ccc(CNC(=NC)Nc2ccc(OC)c(OC)c2)cn1. The molecule has 0 amide bonds. The molecule has 0 unspecified atom stereocenters. The summed E-state index contributed by atoms with van der Waals surface area (Å²) in [6.07, 6.45) is 1.76. The number of hydrogen-bond acceptors (Lipinski definition) is 6. The van der Waals surface area contributed by atoms with Crippen molar-refractivity contribution in [2.45, 2.75) is 13.5 Å². The summed E-state index contributed by atoms with van der Waals surface area (Å²) in [5.41, 5.74) is 1.80. The minimum Gasteiger partial charge on any atom is -0.493 e. The highest BCUT2D eigenvalue weighted by Crippen LogP contribution is 2.31. The zero-order chi connectivity index (χ0) is 22.8. The van der Waals surface area contributed by atoms with Crippen LogP contribution in [0.3, 0.4) is 0 Å². The second-order valence-electron chi connectivity index (χ2n) is 6.61. The van der Waals surface area contributed by atoms with Gasteiger partial charge >= 0.3 is 0 Å². The first-order chi connectivity index (χ1) is 15.7. The number of nitrogens with zero attached hydrogens (tertiary/aromatic N) is 2. The van der Waals surface area contributed by atoms with Crippen LogP contribution in [0, 0.1) is 0 Å². The molecule has 2 N–H and O–H groups in total. The Morgan fingerprint density at radius 2 is 1.72 bits per heavy atom. The van der Waals surface area contributed by atoms with Gasteiger partial charge in [-0.25, -0.2) is 4.98 Å². The fraction of sp³-hybridized carbons (Fsp3) is 0.250. The van der Waals surface area contributed by atoms with E-state index >= 15 is 0 Å². The number of pyridine rings is 1. The van der Waals surface area contributed by atoms with Crippen molar-refractivity contribution in [2.24, 2.45) is 4.99 Å². The Morgan fingerprint density at radius 3 is 2.38 bits per heavy atom. The molecule has 0 aliphatic carbocycles. The van der Waals surface area contributed by atoms with Gasteiger partial charge in [0, 0.05) is 37.6 Å². The highest BCUT2D eigenvalue weighted by molar-refractivity contribution is 5.93. The molecule has 0 aliphatic rings. The van der Waals surface area contributed by atoms with Gasteiger partial charge in [-0.3, -0.25) is 4.99 Å². The van der Waals surface area contributed by atoms with Crippen molar-refractivity contribution >= 4 is 11.6 Å². The number of benzene rings is 2. The van der Waals surface area contributed by atoms with Crippen LogP contribution in [0.15, 0.2) is 65.8 Å². The van der Waals surface area contributed by atoms with Crippen LogP contribution in [0.25, 0.3) is 0 Å². The lowest BCUT2D eigenvalue weighted by Gasteiger charge is -2.14. The summed E-state index contributed by atoms with van der Waals surface area (Å²) in [5.74, 6) is 3.73. The summed E-state index contributed by atoms with van der Waals surface area (Å²) in [6.45, 7) is 3.04. The molecule has 8 nitrogen and oxygen atoms in total. The van der Waals surface area contributed by atoms with E-state index in [0.717, 1.165) is 11.3 Å². The van der Waals surface area contributed by atoms with Crippen molar-refractivity contribution in [2.75, 3.05) is 33.2 Å². The largest absolute Gasteiger partial charge is 0.493 e. The van der Waals surface area contributed by atoms with Crippen molar-refractivity contribution in [3.8, 4) is 28.9 Å². The van der Waals surface area contributed by atoms with Gasteiger partial charge in [-0.05, 0) is 36.8 Å². The summed E-state index contributed by atoms with van der Waals surface area (Å²) in [6, 6.07) is 16.9. The summed E-state index contributed by atoms with van der Waals surface area (Å²) in [4.78, 5) is 8.66. The topological polar surface area (TPSA) is 86.2 Å². The van der Waals surface area contributed by atoms with Gasteiger partial charge in [-0.2, -0.15) is 0 Å². The summed E-state index contributed by atoms with van der Waals surface area (Å²) in [7, 11) is 4.92. The van der Waals surface area contributed by atoms with Crippen LogP contribution < -0.4 is 29.6 Å². The number of anilines is 1. The van der Waals surface area contributed by atoms with E-state index < -0.39 is 0 Å². The average molecular weight is 437 g/mol. The van der Waals surface area contributed by atoms with Gasteiger partial charge in [0.25, 0.3) is 0 Å². The zero-order valence-electron chi connectivity index (χ0n) is 18.7. The molecule has 0 fully saturated rings. The Bertz CT molecular complexity index is 1040. The van der Waals surface area contributed by atoms with E-state index in [1.54, 1.807) is 27.5 Å². The van der Waals surface area contributed by atoms with Crippen LogP contribution in [-0.2, 0) is 6.54 Å². The standard InChI is InChI=1S/C24H28N4O4/c1-5-31-20-8-6-7-9-21(20)32-23-13-10-17(15-26-23)16-27-24(25-2)28-18-11-12-19(29-3)22(14-18)30-4/h6-15H,5,16H2,1-4H3,(H2,25,27,28). The van der Waals surface area contributed by atoms with Crippen LogP contribution in [0.5, 0.6) is 28.9 Å². The summed E-state index contributed by atoms with van der Waals surface area (Å²) < 4.78 is 22.1. The molecule has 0 radical (unpaired) electrons. The van der Waals surface area contributed by atoms with Gasteiger partial charge < -0.3 is 29.6 Å². The number of para-hydroxylation sites is 2. The van der Waals surface area contributed by atoms with Crippen molar-refractivity contribution < 1.29 is 18.9 Å². The predicted octanol–water partition coefficient (Wildman–Crippen LogP) is 4.48. The number of aliphatic imine (C=N–C) groups is 1. The van der Waals surface area contributed by atoms with Crippen molar-refractivity contribution in [3.63, 3.8) is 0 Å². The molecule has 168 valence electrons. The second kappa shape index (κ2) is 11.5. The molecule has 1 heterocycles. The van der Waals surface area contributed by atoms with Crippen molar-refractivity contribution in [1.82, 2.24) is 10.3 Å². The molecule has 1 aromatic heterocycles. The molecule has 0 saturated heterocycles. The first-order valence-electron chi connectivity index (χ1n) is 10.2. The molecular weight excluding hydrogens is 408 g/mol. The lowest BCUT2D eigenvalue weighted by molar-refractivity contribution is 0.319. The van der Waals surface area contributed by atoms with E-state index in [2.05, 4.69) is 20.6 Å². The maximum atomic E-state index is 5.87. The molecule has 0 aliphatic heterocycles. The fourth-order valence-electron chi connectivity index (χ4n) is 2.91. The molecule has 0 saturated carbocycles. The van der Waals surface area contributed by atoms with Crippen molar-refractivity contribution in [1.29, 1.82) is 0 Å². The zero-order valence-corrected chi connectivity index (χ0v) is 18.7. The first kappa shape index (κ1) is 22.7. The maximum absolute atomic E-state index is 5.87. The molecule has 32 heavy (non-hydrogen) atoms. The number of rotatable bonds is 9. The Labute approximate surface area is 188 Å². The van der Waals surface area contributed by atoms with Crippen LogP contribution in [0.4, 0.5) is 5.69 Å². The van der Waals surface area contributed by atoms with E-state index in [0.29, 0.717) is 48.0 Å².